The number of benzene rings is 1. The summed E-state index contributed by atoms with van der Waals surface area (Å²) in [5, 5.41) is 3.30. The van der Waals surface area contributed by atoms with Gasteiger partial charge in [0.05, 0.1) is 0 Å². The Morgan fingerprint density at radius 1 is 1.29 bits per heavy atom. The van der Waals surface area contributed by atoms with Crippen molar-refractivity contribution in [2.24, 2.45) is 0 Å². The standard InChI is InChI=1S/C17H26N2O2/c1-17(2,3)14-6-4-7-15(12-14)21-13-16(20)19-10-5-8-18-9-11-19/h4,6-7,12,18H,5,8-11,13H2,1-3H3. The number of hydrogen-bond acceptors (Lipinski definition) is 3. The quantitative estimate of drug-likeness (QED) is 0.928. The van der Waals surface area contributed by atoms with Crippen LogP contribution < -0.4 is 10.1 Å². The summed E-state index contributed by atoms with van der Waals surface area (Å²) in [5.41, 5.74) is 1.30. The lowest BCUT2D eigenvalue weighted by Gasteiger charge is -2.21. The summed E-state index contributed by atoms with van der Waals surface area (Å²) in [7, 11) is 0. The second kappa shape index (κ2) is 6.94. The van der Waals surface area contributed by atoms with Crippen molar-refractivity contribution in [3.63, 3.8) is 0 Å². The van der Waals surface area contributed by atoms with Gasteiger partial charge in [-0.25, -0.2) is 0 Å². The molecular weight excluding hydrogens is 264 g/mol. The fraction of sp³-hybridized carbons (Fsp3) is 0.588. The Kier molecular flexibility index (Phi) is 5.23. The lowest BCUT2D eigenvalue weighted by atomic mass is 9.87. The van der Waals surface area contributed by atoms with Gasteiger partial charge in [-0.1, -0.05) is 32.9 Å². The molecule has 0 bridgehead atoms. The van der Waals surface area contributed by atoms with Crippen LogP contribution in [0.4, 0.5) is 0 Å². The highest BCUT2D eigenvalue weighted by molar-refractivity contribution is 5.77. The topological polar surface area (TPSA) is 41.6 Å². The molecule has 0 aromatic heterocycles. The van der Waals surface area contributed by atoms with Crippen LogP contribution >= 0.6 is 0 Å². The van der Waals surface area contributed by atoms with Crippen LogP contribution in [0.15, 0.2) is 24.3 Å². The highest BCUT2D eigenvalue weighted by Gasteiger charge is 2.17. The Bertz CT molecular complexity index is 472. The Morgan fingerprint density at radius 2 is 2.10 bits per heavy atom. The molecule has 4 nitrogen and oxygen atoms in total. The van der Waals surface area contributed by atoms with Crippen LogP contribution in [0.1, 0.15) is 32.8 Å². The van der Waals surface area contributed by atoms with Crippen molar-refractivity contribution in [3.8, 4) is 5.75 Å². The van der Waals surface area contributed by atoms with Gasteiger partial charge in [0.2, 0.25) is 0 Å². The first-order valence-corrected chi connectivity index (χ1v) is 7.69. The number of rotatable bonds is 3. The Labute approximate surface area is 127 Å². The fourth-order valence-electron chi connectivity index (χ4n) is 2.38. The molecule has 1 heterocycles. The van der Waals surface area contributed by atoms with E-state index in [0.29, 0.717) is 0 Å². The van der Waals surface area contributed by atoms with Gasteiger partial charge in [0.25, 0.3) is 5.91 Å². The number of ether oxygens (including phenoxy) is 1. The van der Waals surface area contributed by atoms with E-state index < -0.39 is 0 Å². The van der Waals surface area contributed by atoms with Crippen LogP contribution in [-0.2, 0) is 10.2 Å². The van der Waals surface area contributed by atoms with Crippen molar-refractivity contribution in [1.82, 2.24) is 10.2 Å². The van der Waals surface area contributed by atoms with E-state index in [1.807, 2.05) is 23.1 Å². The van der Waals surface area contributed by atoms with E-state index in [4.69, 9.17) is 4.74 Å². The molecule has 2 rings (SSSR count). The molecule has 4 heteroatoms. The van der Waals surface area contributed by atoms with E-state index in [-0.39, 0.29) is 17.9 Å². The first kappa shape index (κ1) is 15.8. The fourth-order valence-corrected chi connectivity index (χ4v) is 2.38. The van der Waals surface area contributed by atoms with E-state index in [0.717, 1.165) is 38.3 Å². The molecule has 1 aliphatic heterocycles. The monoisotopic (exact) mass is 290 g/mol. The normalized spacial score (nSPS) is 16.4. The van der Waals surface area contributed by atoms with Gasteiger partial charge in [0, 0.05) is 19.6 Å². The van der Waals surface area contributed by atoms with Gasteiger partial charge in [0.15, 0.2) is 6.61 Å². The summed E-state index contributed by atoms with van der Waals surface area (Å²) in [4.78, 5) is 14.1. The number of carbonyl (C=O) groups is 1. The third kappa shape index (κ3) is 4.74. The Hall–Kier alpha value is -1.55. The van der Waals surface area contributed by atoms with E-state index in [1.165, 1.54) is 5.56 Å². The van der Waals surface area contributed by atoms with Gasteiger partial charge in [-0.15, -0.1) is 0 Å². The molecular formula is C17H26N2O2. The average molecular weight is 290 g/mol. The molecule has 0 saturated carbocycles. The molecule has 1 aromatic carbocycles. The minimum Gasteiger partial charge on any atom is -0.484 e. The molecule has 0 unspecified atom stereocenters. The van der Waals surface area contributed by atoms with Crippen molar-refractivity contribution >= 4 is 5.91 Å². The minimum absolute atomic E-state index is 0.0693. The molecule has 116 valence electrons. The third-order valence-corrected chi connectivity index (χ3v) is 3.76. The summed E-state index contributed by atoms with van der Waals surface area (Å²) in [6.07, 6.45) is 1.01. The third-order valence-electron chi connectivity index (χ3n) is 3.76. The highest BCUT2D eigenvalue weighted by atomic mass is 16.5. The number of amides is 1. The number of hydrogen-bond donors (Lipinski definition) is 1. The lowest BCUT2D eigenvalue weighted by Crippen LogP contribution is -2.37. The van der Waals surface area contributed by atoms with Crippen LogP contribution in [0.2, 0.25) is 0 Å². The number of nitrogens with zero attached hydrogens (tertiary/aromatic N) is 1. The minimum atomic E-state index is 0.0693. The van der Waals surface area contributed by atoms with Crippen LogP contribution in [0.5, 0.6) is 5.75 Å². The first-order chi connectivity index (χ1) is 9.97. The smallest absolute Gasteiger partial charge is 0.260 e. The van der Waals surface area contributed by atoms with Crippen molar-refractivity contribution in [2.75, 3.05) is 32.8 Å². The summed E-state index contributed by atoms with van der Waals surface area (Å²) >= 11 is 0. The van der Waals surface area contributed by atoms with E-state index >= 15 is 0 Å². The number of carbonyl (C=O) groups excluding carboxylic acids is 1. The van der Waals surface area contributed by atoms with E-state index in [9.17, 15) is 4.79 Å². The molecule has 1 aromatic rings. The maximum Gasteiger partial charge on any atom is 0.260 e. The van der Waals surface area contributed by atoms with Crippen molar-refractivity contribution in [1.29, 1.82) is 0 Å². The Balaban J connectivity index is 1.91. The second-order valence-corrected chi connectivity index (χ2v) is 6.55. The molecule has 1 saturated heterocycles. The zero-order chi connectivity index (χ0) is 15.3. The van der Waals surface area contributed by atoms with Crippen LogP contribution in [0.25, 0.3) is 0 Å². The van der Waals surface area contributed by atoms with Crippen molar-refractivity contribution in [3.05, 3.63) is 29.8 Å². The van der Waals surface area contributed by atoms with Gasteiger partial charge in [-0.05, 0) is 36.1 Å². The van der Waals surface area contributed by atoms with Gasteiger partial charge in [-0.3, -0.25) is 4.79 Å². The predicted molar refractivity (Wildman–Crippen MR) is 84.7 cm³/mol. The maximum absolute atomic E-state index is 12.2. The largest absolute Gasteiger partial charge is 0.484 e. The molecule has 1 fully saturated rings. The molecule has 1 amide bonds. The van der Waals surface area contributed by atoms with E-state index in [1.54, 1.807) is 0 Å². The molecule has 0 aliphatic carbocycles. The summed E-state index contributed by atoms with van der Waals surface area (Å²) < 4.78 is 5.69. The van der Waals surface area contributed by atoms with Crippen molar-refractivity contribution < 1.29 is 9.53 Å². The van der Waals surface area contributed by atoms with Gasteiger partial charge in [0.1, 0.15) is 5.75 Å². The predicted octanol–water partition coefficient (Wildman–Crippen LogP) is 2.18. The second-order valence-electron chi connectivity index (χ2n) is 6.55. The molecule has 1 aliphatic rings. The van der Waals surface area contributed by atoms with Crippen molar-refractivity contribution in [2.45, 2.75) is 32.6 Å². The maximum atomic E-state index is 12.2. The Morgan fingerprint density at radius 3 is 2.86 bits per heavy atom. The van der Waals surface area contributed by atoms with Crippen LogP contribution in [0.3, 0.4) is 0 Å². The molecule has 0 spiro atoms. The summed E-state index contributed by atoms with van der Waals surface area (Å²) in [5.74, 6) is 0.837. The molecule has 0 atom stereocenters. The summed E-state index contributed by atoms with van der Waals surface area (Å²) in [6.45, 7) is 10.1. The van der Waals surface area contributed by atoms with Crippen LogP contribution in [-0.4, -0.2) is 43.6 Å². The van der Waals surface area contributed by atoms with Crippen LogP contribution in [0, 0.1) is 0 Å². The first-order valence-electron chi connectivity index (χ1n) is 7.69. The molecule has 0 radical (unpaired) electrons. The zero-order valence-corrected chi connectivity index (χ0v) is 13.3. The number of nitrogens with one attached hydrogen (secondary N) is 1. The molecule has 21 heavy (non-hydrogen) atoms. The molecule has 1 N–H and O–H groups in total. The summed E-state index contributed by atoms with van der Waals surface area (Å²) in [6, 6.07) is 8.01. The van der Waals surface area contributed by atoms with E-state index in [2.05, 4.69) is 32.2 Å². The lowest BCUT2D eigenvalue weighted by molar-refractivity contribution is -0.133. The zero-order valence-electron chi connectivity index (χ0n) is 13.3. The van der Waals surface area contributed by atoms with Gasteiger partial charge < -0.3 is 15.0 Å². The average Bonchev–Trinajstić information content (AvgIpc) is 2.73. The SMILES string of the molecule is CC(C)(C)c1cccc(OCC(=O)N2CCCNCC2)c1. The van der Waals surface area contributed by atoms with Gasteiger partial charge >= 0.3 is 0 Å². The highest BCUT2D eigenvalue weighted by Crippen LogP contribution is 2.25. The van der Waals surface area contributed by atoms with Gasteiger partial charge in [-0.2, -0.15) is 0 Å².